The van der Waals surface area contributed by atoms with E-state index in [0.717, 1.165) is 0 Å². The number of ketones is 1. The van der Waals surface area contributed by atoms with Gasteiger partial charge < -0.3 is 24.6 Å². The predicted molar refractivity (Wildman–Crippen MR) is 143 cm³/mol. The zero-order valence-corrected chi connectivity index (χ0v) is 22.0. The number of aromatic nitrogens is 2. The fraction of sp³-hybridized carbons (Fsp3) is 0.429. The highest BCUT2D eigenvalue weighted by Gasteiger charge is 2.28. The molecule has 0 saturated carbocycles. The third-order valence-corrected chi connectivity index (χ3v) is 7.10. The number of carbonyl (C=O) groups is 3. The molecule has 1 aliphatic rings. The topological polar surface area (TPSA) is 123 Å². The average Bonchev–Trinajstić information content (AvgIpc) is 3.22. The van der Waals surface area contributed by atoms with Gasteiger partial charge in [0.25, 0.3) is 11.5 Å². The van der Waals surface area contributed by atoms with Crippen molar-refractivity contribution in [2.45, 2.75) is 45.7 Å². The minimum Gasteiger partial charge on any atom is -0.479 e. The molecule has 202 valence electrons. The number of fused-ring (bicyclic) bond motifs is 1. The Hall–Kier alpha value is -3.92. The van der Waals surface area contributed by atoms with Gasteiger partial charge in [0.15, 0.2) is 11.7 Å². The van der Waals surface area contributed by atoms with Gasteiger partial charge in [-0.15, -0.1) is 0 Å². The number of amides is 2. The van der Waals surface area contributed by atoms with Crippen LogP contribution in [0.25, 0.3) is 10.9 Å². The van der Waals surface area contributed by atoms with E-state index in [1.165, 1.54) is 4.57 Å². The van der Waals surface area contributed by atoms with E-state index in [9.17, 15) is 19.2 Å². The zero-order valence-electron chi connectivity index (χ0n) is 22.0. The maximum absolute atomic E-state index is 13.8. The van der Waals surface area contributed by atoms with Gasteiger partial charge in [0.05, 0.1) is 24.1 Å². The highest BCUT2D eigenvalue weighted by Crippen LogP contribution is 2.27. The molecule has 0 spiro atoms. The van der Waals surface area contributed by atoms with E-state index < -0.39 is 6.61 Å². The third-order valence-electron chi connectivity index (χ3n) is 7.10. The van der Waals surface area contributed by atoms with Gasteiger partial charge in [-0.2, -0.15) is 0 Å². The number of nitrogens with zero attached hydrogens (tertiary/aromatic N) is 3. The first-order valence-electron chi connectivity index (χ1n) is 13.0. The Kier molecular flexibility index (Phi) is 8.31. The molecule has 1 aliphatic heterocycles. The molecule has 2 aromatic heterocycles. The highest BCUT2D eigenvalue weighted by molar-refractivity contribution is 6.02. The molecule has 2 amide bonds. The lowest BCUT2D eigenvalue weighted by atomic mass is 10.0. The van der Waals surface area contributed by atoms with Crippen LogP contribution in [0.15, 0.2) is 41.2 Å². The van der Waals surface area contributed by atoms with Crippen molar-refractivity contribution >= 4 is 28.5 Å². The number of ether oxygens (including phenoxy) is 1. The van der Waals surface area contributed by atoms with E-state index in [-0.39, 0.29) is 41.6 Å². The van der Waals surface area contributed by atoms with Crippen LogP contribution in [0.1, 0.15) is 53.1 Å². The van der Waals surface area contributed by atoms with E-state index in [2.05, 4.69) is 5.32 Å². The molecule has 1 fully saturated rings. The number of carbonyl (C=O) groups excluding carboxylic acids is 3. The van der Waals surface area contributed by atoms with Crippen LogP contribution in [0.4, 0.5) is 0 Å². The van der Waals surface area contributed by atoms with Crippen LogP contribution in [0, 0.1) is 0 Å². The van der Waals surface area contributed by atoms with Gasteiger partial charge in [0.1, 0.15) is 12.3 Å². The maximum atomic E-state index is 13.8. The average molecular weight is 523 g/mol. The molecular formula is C28H34N4O6. The minimum absolute atomic E-state index is 0.132. The number of likely N-dealkylation sites (tertiary alicyclic amines) is 1. The molecule has 2 N–H and O–H groups in total. The fourth-order valence-corrected chi connectivity index (χ4v) is 5.14. The van der Waals surface area contributed by atoms with Crippen molar-refractivity contribution in [1.29, 1.82) is 0 Å². The van der Waals surface area contributed by atoms with Crippen LogP contribution in [0.5, 0.6) is 5.88 Å². The number of Topliss-reactive ketones (excluding diaryl/α,β-unsaturated/α-hetero) is 1. The highest BCUT2D eigenvalue weighted by atomic mass is 16.5. The molecule has 0 radical (unpaired) electrons. The van der Waals surface area contributed by atoms with E-state index in [1.807, 2.05) is 13.0 Å². The van der Waals surface area contributed by atoms with E-state index in [0.29, 0.717) is 66.7 Å². The van der Waals surface area contributed by atoms with Crippen molar-refractivity contribution in [2.75, 3.05) is 26.3 Å². The number of hydrogen-bond acceptors (Lipinski definition) is 6. The van der Waals surface area contributed by atoms with Gasteiger partial charge in [0.2, 0.25) is 5.91 Å². The second kappa shape index (κ2) is 11.6. The van der Waals surface area contributed by atoms with E-state index in [1.54, 1.807) is 53.8 Å². The minimum atomic E-state index is -0.523. The van der Waals surface area contributed by atoms with E-state index >= 15 is 0 Å². The van der Waals surface area contributed by atoms with Crippen LogP contribution in [0.2, 0.25) is 0 Å². The second-order valence-corrected chi connectivity index (χ2v) is 9.38. The molecule has 0 bridgehead atoms. The number of piperidine rings is 1. The fourth-order valence-electron chi connectivity index (χ4n) is 5.14. The molecule has 0 atom stereocenters. The molecule has 38 heavy (non-hydrogen) atoms. The zero-order chi connectivity index (χ0) is 27.4. The van der Waals surface area contributed by atoms with Crippen molar-refractivity contribution in [2.24, 2.45) is 7.05 Å². The Morgan fingerprint density at radius 1 is 1.11 bits per heavy atom. The van der Waals surface area contributed by atoms with Crippen molar-refractivity contribution in [3.05, 3.63) is 63.6 Å². The summed E-state index contributed by atoms with van der Waals surface area (Å²) in [6.07, 6.45) is 1.59. The molecule has 0 unspecified atom stereocenters. The third kappa shape index (κ3) is 5.22. The monoisotopic (exact) mass is 522 g/mol. The number of aliphatic hydroxyl groups is 1. The van der Waals surface area contributed by atoms with Gasteiger partial charge in [-0.25, -0.2) is 0 Å². The van der Waals surface area contributed by atoms with Gasteiger partial charge in [-0.1, -0.05) is 37.3 Å². The summed E-state index contributed by atoms with van der Waals surface area (Å²) in [6.45, 7) is 4.21. The molecule has 1 aromatic carbocycles. The van der Waals surface area contributed by atoms with Crippen LogP contribution in [-0.4, -0.2) is 69.1 Å². The Morgan fingerprint density at radius 2 is 1.79 bits per heavy atom. The molecule has 3 heterocycles. The summed E-state index contributed by atoms with van der Waals surface area (Å²) >= 11 is 0. The number of nitrogens with one attached hydrogen (secondary N) is 1. The molecule has 4 rings (SSSR count). The number of hydrogen-bond donors (Lipinski definition) is 2. The summed E-state index contributed by atoms with van der Waals surface area (Å²) in [5.41, 5.74) is 1.69. The Balaban J connectivity index is 1.69. The predicted octanol–water partition coefficient (Wildman–Crippen LogP) is 1.90. The summed E-state index contributed by atoms with van der Waals surface area (Å²) in [6, 6.07) is 10.4. The number of aryl methyl sites for hydroxylation is 2. The van der Waals surface area contributed by atoms with Crippen LogP contribution >= 0.6 is 0 Å². The first-order chi connectivity index (χ1) is 18.3. The Labute approximate surface area is 220 Å². The van der Waals surface area contributed by atoms with Crippen molar-refractivity contribution < 1.29 is 24.2 Å². The first-order valence-corrected chi connectivity index (χ1v) is 13.0. The molecule has 1 saturated heterocycles. The van der Waals surface area contributed by atoms with Gasteiger partial charge in [0, 0.05) is 37.8 Å². The lowest BCUT2D eigenvalue weighted by Crippen LogP contribution is -2.47. The molecule has 10 heteroatoms. The number of aliphatic hydroxyl groups excluding tert-OH is 1. The van der Waals surface area contributed by atoms with Crippen LogP contribution in [0.3, 0.4) is 0 Å². The standard InChI is InChI=1S/C28H34N4O6/c1-4-20-25-21(30(3)26(20)27(36)29-19-11-13-31(14-12-19)23(35)17-33)15-24(38-5-2)32(28(25)37)16-22(34)18-9-7-6-8-10-18/h6-10,15,19,33H,4-5,11-14,16-17H2,1-3H3,(H,29,36). The lowest BCUT2D eigenvalue weighted by molar-refractivity contribution is -0.135. The van der Waals surface area contributed by atoms with Gasteiger partial charge in [-0.3, -0.25) is 23.7 Å². The Bertz CT molecular complexity index is 1400. The van der Waals surface area contributed by atoms with Crippen LogP contribution < -0.4 is 15.6 Å². The second-order valence-electron chi connectivity index (χ2n) is 9.38. The molecular weight excluding hydrogens is 488 g/mol. The number of rotatable bonds is 9. The molecule has 10 nitrogen and oxygen atoms in total. The number of benzene rings is 1. The summed E-state index contributed by atoms with van der Waals surface area (Å²) in [5.74, 6) is -0.558. The summed E-state index contributed by atoms with van der Waals surface area (Å²) in [5, 5.41) is 12.5. The lowest BCUT2D eigenvalue weighted by Gasteiger charge is -2.32. The van der Waals surface area contributed by atoms with Gasteiger partial charge >= 0.3 is 0 Å². The smallest absolute Gasteiger partial charge is 0.268 e. The SMILES string of the molecule is CCOc1cc2c(c(CC)c(C(=O)NC3CCN(C(=O)CO)CC3)n2C)c(=O)n1CC(=O)c1ccccc1. The quantitative estimate of drug-likeness (QED) is 0.414. The normalized spacial score (nSPS) is 14.1. The van der Waals surface area contributed by atoms with Crippen molar-refractivity contribution in [3.63, 3.8) is 0 Å². The largest absolute Gasteiger partial charge is 0.479 e. The van der Waals surface area contributed by atoms with E-state index in [4.69, 9.17) is 9.84 Å². The first kappa shape index (κ1) is 27.1. The molecule has 3 aromatic rings. The van der Waals surface area contributed by atoms with Crippen molar-refractivity contribution in [3.8, 4) is 5.88 Å². The summed E-state index contributed by atoms with van der Waals surface area (Å²) in [7, 11) is 1.74. The van der Waals surface area contributed by atoms with Crippen LogP contribution in [-0.2, 0) is 24.8 Å². The summed E-state index contributed by atoms with van der Waals surface area (Å²) in [4.78, 5) is 53.6. The molecule has 0 aliphatic carbocycles. The van der Waals surface area contributed by atoms with Crippen molar-refractivity contribution in [1.82, 2.24) is 19.4 Å². The summed E-state index contributed by atoms with van der Waals surface area (Å²) < 4.78 is 8.82. The Morgan fingerprint density at radius 3 is 2.39 bits per heavy atom. The van der Waals surface area contributed by atoms with Gasteiger partial charge in [-0.05, 0) is 31.7 Å². The number of pyridine rings is 1. The maximum Gasteiger partial charge on any atom is 0.268 e.